The van der Waals surface area contributed by atoms with E-state index in [0.717, 1.165) is 0 Å². The summed E-state index contributed by atoms with van der Waals surface area (Å²) >= 11 is 0. The molecule has 0 saturated carbocycles. The third kappa shape index (κ3) is 4.12. The second kappa shape index (κ2) is 6.98. The molecule has 0 bridgehead atoms. The molecule has 2 heterocycles. The Morgan fingerprint density at radius 3 is 2.71 bits per heavy atom. The first-order valence-corrected chi connectivity index (χ1v) is 6.70. The Balaban J connectivity index is 1.80. The fourth-order valence-electron chi connectivity index (χ4n) is 2.13. The van der Waals surface area contributed by atoms with Gasteiger partial charge in [0.2, 0.25) is 0 Å². The minimum absolute atomic E-state index is 0.0846. The summed E-state index contributed by atoms with van der Waals surface area (Å²) in [5.74, 6) is -0.901. The maximum atomic E-state index is 11.7. The van der Waals surface area contributed by atoms with Crippen molar-refractivity contribution in [3.8, 4) is 0 Å². The van der Waals surface area contributed by atoms with E-state index in [1.165, 1.54) is 6.33 Å². The van der Waals surface area contributed by atoms with Gasteiger partial charge in [0, 0.05) is 26.0 Å². The number of nitrogens with zero attached hydrogens (tertiary/aromatic N) is 2. The smallest absolute Gasteiger partial charge is 0.315 e. The average molecular weight is 294 g/mol. The number of ether oxygens (including phenoxy) is 1. The molecule has 0 aromatic carbocycles. The summed E-state index contributed by atoms with van der Waals surface area (Å²) in [6.07, 6.45) is 3.78. The number of rotatable bonds is 5. The van der Waals surface area contributed by atoms with Crippen LogP contribution in [-0.4, -0.2) is 46.8 Å². The minimum atomic E-state index is -0.940. The van der Waals surface area contributed by atoms with Crippen molar-refractivity contribution in [2.24, 2.45) is 5.41 Å². The van der Waals surface area contributed by atoms with Crippen LogP contribution in [0.3, 0.4) is 0 Å². The molecule has 0 atom stereocenters. The molecule has 1 aliphatic heterocycles. The zero-order valence-electron chi connectivity index (χ0n) is 11.5. The van der Waals surface area contributed by atoms with Gasteiger partial charge in [0.05, 0.1) is 17.7 Å². The van der Waals surface area contributed by atoms with Gasteiger partial charge < -0.3 is 20.5 Å². The van der Waals surface area contributed by atoms with Crippen molar-refractivity contribution in [2.45, 2.75) is 19.4 Å². The van der Waals surface area contributed by atoms with Crippen molar-refractivity contribution in [3.63, 3.8) is 0 Å². The summed E-state index contributed by atoms with van der Waals surface area (Å²) in [7, 11) is 0. The lowest BCUT2D eigenvalue weighted by Crippen LogP contribution is -2.48. The number of hydrogen-bond acceptors (Lipinski definition) is 5. The van der Waals surface area contributed by atoms with Gasteiger partial charge in [-0.3, -0.25) is 4.79 Å². The first-order chi connectivity index (χ1) is 10.1. The molecule has 0 aliphatic carbocycles. The molecule has 1 aromatic heterocycles. The van der Waals surface area contributed by atoms with Crippen molar-refractivity contribution in [3.05, 3.63) is 24.3 Å². The summed E-state index contributed by atoms with van der Waals surface area (Å²) in [6, 6.07) is 1.28. The summed E-state index contributed by atoms with van der Waals surface area (Å²) in [6.45, 7) is 1.14. The highest BCUT2D eigenvalue weighted by molar-refractivity contribution is 5.78. The summed E-state index contributed by atoms with van der Waals surface area (Å²) in [4.78, 5) is 30.9. The second-order valence-electron chi connectivity index (χ2n) is 4.93. The number of carbonyl (C=O) groups is 2. The van der Waals surface area contributed by atoms with Crippen molar-refractivity contribution in [1.29, 1.82) is 0 Å². The average Bonchev–Trinajstić information content (AvgIpc) is 2.52. The molecule has 1 fully saturated rings. The molecule has 0 radical (unpaired) electrons. The Morgan fingerprint density at radius 1 is 1.33 bits per heavy atom. The van der Waals surface area contributed by atoms with Crippen LogP contribution in [0.2, 0.25) is 0 Å². The fourth-order valence-corrected chi connectivity index (χ4v) is 2.13. The van der Waals surface area contributed by atoms with Gasteiger partial charge >= 0.3 is 12.0 Å². The van der Waals surface area contributed by atoms with E-state index in [9.17, 15) is 14.7 Å². The summed E-state index contributed by atoms with van der Waals surface area (Å²) in [5.41, 5.74) is -0.260. The number of carboxylic acids is 1. The molecule has 2 rings (SSSR count). The first-order valence-electron chi connectivity index (χ1n) is 6.70. The van der Waals surface area contributed by atoms with E-state index >= 15 is 0 Å². The van der Waals surface area contributed by atoms with Gasteiger partial charge in [-0.1, -0.05) is 0 Å². The van der Waals surface area contributed by atoms with Crippen molar-refractivity contribution in [2.75, 3.05) is 19.8 Å². The number of aromatic nitrogens is 2. The van der Waals surface area contributed by atoms with Gasteiger partial charge in [-0.15, -0.1) is 0 Å². The van der Waals surface area contributed by atoms with Crippen LogP contribution in [0.5, 0.6) is 0 Å². The lowest BCUT2D eigenvalue weighted by molar-refractivity contribution is -0.154. The molecular formula is C13H18N4O4. The Bertz CT molecular complexity index is 488. The lowest BCUT2D eigenvalue weighted by atomic mass is 9.80. The molecule has 114 valence electrons. The van der Waals surface area contributed by atoms with Crippen molar-refractivity contribution >= 4 is 12.0 Å². The van der Waals surface area contributed by atoms with Crippen LogP contribution in [0.15, 0.2) is 18.6 Å². The first kappa shape index (κ1) is 15.2. The van der Waals surface area contributed by atoms with Crippen LogP contribution in [0.1, 0.15) is 18.5 Å². The van der Waals surface area contributed by atoms with Crippen molar-refractivity contribution in [1.82, 2.24) is 20.6 Å². The van der Waals surface area contributed by atoms with E-state index in [4.69, 9.17) is 4.74 Å². The van der Waals surface area contributed by atoms with E-state index in [1.807, 2.05) is 0 Å². The molecule has 1 aliphatic rings. The molecule has 1 aromatic rings. The molecule has 8 nitrogen and oxygen atoms in total. The SMILES string of the molecule is O=C(NCc1ccncn1)NCC1(C(=O)O)CCOCC1. The van der Waals surface area contributed by atoms with Crippen LogP contribution >= 0.6 is 0 Å². The highest BCUT2D eigenvalue weighted by atomic mass is 16.5. The highest BCUT2D eigenvalue weighted by Crippen LogP contribution is 2.29. The van der Waals surface area contributed by atoms with Crippen LogP contribution in [0.4, 0.5) is 4.79 Å². The van der Waals surface area contributed by atoms with Crippen molar-refractivity contribution < 1.29 is 19.4 Å². The quantitative estimate of drug-likeness (QED) is 0.712. The second-order valence-corrected chi connectivity index (χ2v) is 4.93. The highest BCUT2D eigenvalue weighted by Gasteiger charge is 2.40. The molecular weight excluding hydrogens is 276 g/mol. The third-order valence-corrected chi connectivity index (χ3v) is 3.56. The third-order valence-electron chi connectivity index (χ3n) is 3.56. The molecule has 1 saturated heterocycles. The van der Waals surface area contributed by atoms with E-state index in [2.05, 4.69) is 20.6 Å². The monoisotopic (exact) mass is 294 g/mol. The van der Waals surface area contributed by atoms with Gasteiger partial charge in [0.15, 0.2) is 0 Å². The van der Waals surface area contributed by atoms with Gasteiger partial charge in [-0.25, -0.2) is 14.8 Å². The largest absolute Gasteiger partial charge is 0.481 e. The number of hydrogen-bond donors (Lipinski definition) is 3. The topological polar surface area (TPSA) is 113 Å². The van der Waals surface area contributed by atoms with Crippen LogP contribution in [-0.2, 0) is 16.1 Å². The summed E-state index contributed by atoms with van der Waals surface area (Å²) in [5, 5.41) is 14.6. The minimum Gasteiger partial charge on any atom is -0.481 e. The molecule has 8 heteroatoms. The van der Waals surface area contributed by atoms with E-state index < -0.39 is 17.4 Å². The van der Waals surface area contributed by atoms with Gasteiger partial charge in [-0.2, -0.15) is 0 Å². The Kier molecular flexibility index (Phi) is 5.04. The molecule has 0 spiro atoms. The number of aliphatic carboxylic acids is 1. The Labute approximate surface area is 121 Å². The van der Waals surface area contributed by atoms with Gasteiger partial charge in [0.1, 0.15) is 6.33 Å². The van der Waals surface area contributed by atoms with E-state index in [-0.39, 0.29) is 13.1 Å². The number of carbonyl (C=O) groups excluding carboxylic acids is 1. The summed E-state index contributed by atoms with van der Waals surface area (Å²) < 4.78 is 5.18. The van der Waals surface area contributed by atoms with Crippen LogP contribution in [0, 0.1) is 5.41 Å². The predicted molar refractivity (Wildman–Crippen MR) is 72.4 cm³/mol. The van der Waals surface area contributed by atoms with Crippen LogP contribution in [0.25, 0.3) is 0 Å². The molecule has 21 heavy (non-hydrogen) atoms. The zero-order chi connectivity index (χ0) is 15.1. The van der Waals surface area contributed by atoms with Crippen LogP contribution < -0.4 is 10.6 Å². The Hall–Kier alpha value is -2.22. The standard InChI is InChI=1S/C13H18N4O4/c18-11(19)13(2-5-21-6-3-13)8-16-12(20)15-7-10-1-4-14-9-17-10/h1,4,9H,2-3,5-8H2,(H,18,19)(H2,15,16,20). The zero-order valence-corrected chi connectivity index (χ0v) is 11.5. The molecule has 0 unspecified atom stereocenters. The molecule has 3 N–H and O–H groups in total. The van der Waals surface area contributed by atoms with Gasteiger partial charge in [-0.05, 0) is 18.9 Å². The number of nitrogens with one attached hydrogen (secondary N) is 2. The normalized spacial score (nSPS) is 17.0. The molecule has 2 amide bonds. The number of urea groups is 1. The number of carboxylic acid groups (broad SMARTS) is 1. The Morgan fingerprint density at radius 2 is 2.10 bits per heavy atom. The maximum absolute atomic E-state index is 11.7. The predicted octanol–water partition coefficient (Wildman–Crippen LogP) is 0.157. The maximum Gasteiger partial charge on any atom is 0.315 e. The number of amides is 2. The van der Waals surface area contributed by atoms with E-state index in [0.29, 0.717) is 31.7 Å². The lowest BCUT2D eigenvalue weighted by Gasteiger charge is -2.33. The van der Waals surface area contributed by atoms with E-state index in [1.54, 1.807) is 12.3 Å². The van der Waals surface area contributed by atoms with Gasteiger partial charge in [0.25, 0.3) is 0 Å². The fraction of sp³-hybridized carbons (Fsp3) is 0.538.